The van der Waals surface area contributed by atoms with Gasteiger partial charge in [0.15, 0.2) is 0 Å². The highest BCUT2D eigenvalue weighted by Gasteiger charge is 2.35. The van der Waals surface area contributed by atoms with Crippen molar-refractivity contribution in [2.75, 3.05) is 0 Å². The third-order valence-corrected chi connectivity index (χ3v) is 4.21. The first-order chi connectivity index (χ1) is 12.4. The van der Waals surface area contributed by atoms with Crippen molar-refractivity contribution < 1.29 is 14.4 Å². The Morgan fingerprint density at radius 3 is 2.08 bits per heavy atom. The summed E-state index contributed by atoms with van der Waals surface area (Å²) in [6.45, 7) is 1.58. The minimum absolute atomic E-state index is 0.258. The van der Waals surface area contributed by atoms with E-state index in [0.717, 1.165) is 11.1 Å². The molecule has 6 nitrogen and oxygen atoms in total. The molecule has 3 amide bonds. The van der Waals surface area contributed by atoms with Gasteiger partial charge in [0.25, 0.3) is 0 Å². The number of carbonyl (C=O) groups is 3. The Bertz CT molecular complexity index is 749. The van der Waals surface area contributed by atoms with Crippen molar-refractivity contribution in [3.8, 4) is 0 Å². The van der Waals surface area contributed by atoms with Crippen molar-refractivity contribution in [2.24, 2.45) is 5.73 Å². The molecule has 0 aliphatic heterocycles. The fourth-order valence-corrected chi connectivity index (χ4v) is 2.72. The number of nitrogens with one attached hydrogen (secondary N) is 2. The van der Waals surface area contributed by atoms with Gasteiger partial charge in [0.05, 0.1) is 0 Å². The summed E-state index contributed by atoms with van der Waals surface area (Å²) in [5.41, 5.74) is 6.05. The van der Waals surface area contributed by atoms with E-state index < -0.39 is 23.4 Å². The molecule has 136 valence electrons. The van der Waals surface area contributed by atoms with Crippen LogP contribution in [0.25, 0.3) is 0 Å². The summed E-state index contributed by atoms with van der Waals surface area (Å²) in [6.07, 6.45) is 1.05. The van der Waals surface area contributed by atoms with Crippen LogP contribution in [-0.2, 0) is 27.2 Å². The van der Waals surface area contributed by atoms with Gasteiger partial charge in [-0.2, -0.15) is 0 Å². The second-order valence-corrected chi connectivity index (χ2v) is 6.37. The summed E-state index contributed by atoms with van der Waals surface area (Å²) in [7, 11) is 0. The molecule has 1 unspecified atom stereocenters. The first-order valence-electron chi connectivity index (χ1n) is 8.34. The number of rotatable bonds is 9. The zero-order valence-electron chi connectivity index (χ0n) is 14.6. The standard InChI is InChI=1S/C20H23N3O3/c1-20(19(21)26,13-16-10-6-3-7-11-16)23-18(25)17(22-14-24)12-15-8-4-2-5-9-15/h2-11,14,17H,12-13H2,1H3,(H2,21,26)(H,22,24)(H,23,25)/t17-,20?/m0/s1. The van der Waals surface area contributed by atoms with E-state index in [1.54, 1.807) is 6.92 Å². The van der Waals surface area contributed by atoms with E-state index in [-0.39, 0.29) is 6.42 Å². The first kappa shape index (κ1) is 19.2. The van der Waals surface area contributed by atoms with E-state index in [1.165, 1.54) is 0 Å². The van der Waals surface area contributed by atoms with Crippen molar-refractivity contribution in [1.82, 2.24) is 10.6 Å². The molecule has 4 N–H and O–H groups in total. The van der Waals surface area contributed by atoms with Crippen molar-refractivity contribution in [2.45, 2.75) is 31.3 Å². The minimum Gasteiger partial charge on any atom is -0.368 e. The number of benzene rings is 2. The highest BCUT2D eigenvalue weighted by molar-refractivity contribution is 5.92. The molecule has 0 spiro atoms. The van der Waals surface area contributed by atoms with E-state index in [0.29, 0.717) is 12.8 Å². The molecule has 6 heteroatoms. The topological polar surface area (TPSA) is 101 Å². The van der Waals surface area contributed by atoms with Crippen LogP contribution in [0.4, 0.5) is 0 Å². The number of hydrogen-bond acceptors (Lipinski definition) is 3. The van der Waals surface area contributed by atoms with E-state index in [4.69, 9.17) is 5.73 Å². The minimum atomic E-state index is -1.27. The maximum absolute atomic E-state index is 12.7. The van der Waals surface area contributed by atoms with Crippen molar-refractivity contribution in [3.05, 3.63) is 71.8 Å². The van der Waals surface area contributed by atoms with E-state index >= 15 is 0 Å². The number of amides is 3. The Balaban J connectivity index is 2.15. The van der Waals surface area contributed by atoms with Gasteiger partial charge in [-0.3, -0.25) is 14.4 Å². The van der Waals surface area contributed by atoms with Crippen LogP contribution in [-0.4, -0.2) is 29.8 Å². The molecule has 2 aromatic rings. The molecule has 2 rings (SSSR count). The van der Waals surface area contributed by atoms with Gasteiger partial charge in [0.1, 0.15) is 11.6 Å². The third kappa shape index (κ3) is 5.17. The van der Waals surface area contributed by atoms with Gasteiger partial charge >= 0.3 is 0 Å². The average molecular weight is 353 g/mol. The van der Waals surface area contributed by atoms with Crippen LogP contribution in [0.3, 0.4) is 0 Å². The molecule has 0 saturated carbocycles. The lowest BCUT2D eigenvalue weighted by atomic mass is 9.91. The Kier molecular flexibility index (Phi) is 6.49. The summed E-state index contributed by atoms with van der Waals surface area (Å²) < 4.78 is 0. The maximum Gasteiger partial charge on any atom is 0.243 e. The average Bonchev–Trinajstić information content (AvgIpc) is 2.63. The summed E-state index contributed by atoms with van der Waals surface area (Å²) >= 11 is 0. The first-order valence-corrected chi connectivity index (χ1v) is 8.34. The van der Waals surface area contributed by atoms with Gasteiger partial charge in [-0.1, -0.05) is 60.7 Å². The zero-order valence-corrected chi connectivity index (χ0v) is 14.6. The van der Waals surface area contributed by atoms with Gasteiger partial charge in [0, 0.05) is 12.8 Å². The SMILES string of the molecule is CC(Cc1ccccc1)(NC(=O)[C@H](Cc1ccccc1)NC=O)C(N)=O. The van der Waals surface area contributed by atoms with Crippen molar-refractivity contribution in [3.63, 3.8) is 0 Å². The molecule has 0 radical (unpaired) electrons. The van der Waals surface area contributed by atoms with Crippen LogP contribution < -0.4 is 16.4 Å². The molecule has 2 aromatic carbocycles. The van der Waals surface area contributed by atoms with Gasteiger partial charge in [0.2, 0.25) is 18.2 Å². The zero-order chi connectivity index (χ0) is 19.0. The molecule has 0 fully saturated rings. The molecule has 0 bridgehead atoms. The van der Waals surface area contributed by atoms with Crippen LogP contribution in [0, 0.1) is 0 Å². The predicted octanol–water partition coefficient (Wildman–Crippen LogP) is 0.947. The Labute approximate surface area is 152 Å². The Morgan fingerprint density at radius 2 is 1.58 bits per heavy atom. The monoisotopic (exact) mass is 353 g/mol. The second-order valence-electron chi connectivity index (χ2n) is 6.37. The maximum atomic E-state index is 12.7. The molecule has 0 aliphatic rings. The van der Waals surface area contributed by atoms with Crippen LogP contribution in [0.15, 0.2) is 60.7 Å². The summed E-state index contributed by atoms with van der Waals surface area (Å²) in [5, 5.41) is 5.22. The normalized spacial score (nSPS) is 13.9. The third-order valence-electron chi connectivity index (χ3n) is 4.21. The van der Waals surface area contributed by atoms with Crippen molar-refractivity contribution >= 4 is 18.2 Å². The highest BCUT2D eigenvalue weighted by Crippen LogP contribution is 2.14. The van der Waals surface area contributed by atoms with Gasteiger partial charge in [-0.25, -0.2) is 0 Å². The van der Waals surface area contributed by atoms with Gasteiger partial charge in [-0.05, 0) is 18.1 Å². The van der Waals surface area contributed by atoms with E-state index in [2.05, 4.69) is 10.6 Å². The quantitative estimate of drug-likeness (QED) is 0.585. The van der Waals surface area contributed by atoms with Gasteiger partial charge < -0.3 is 16.4 Å². The predicted molar refractivity (Wildman–Crippen MR) is 99.0 cm³/mol. The van der Waals surface area contributed by atoms with E-state index in [9.17, 15) is 14.4 Å². The van der Waals surface area contributed by atoms with Crippen LogP contribution >= 0.6 is 0 Å². The van der Waals surface area contributed by atoms with E-state index in [1.807, 2.05) is 60.7 Å². The van der Waals surface area contributed by atoms with Crippen LogP contribution in [0.1, 0.15) is 18.1 Å². The second kappa shape index (κ2) is 8.80. The number of carbonyl (C=O) groups excluding carboxylic acids is 3. The van der Waals surface area contributed by atoms with Crippen LogP contribution in [0.5, 0.6) is 0 Å². The fraction of sp³-hybridized carbons (Fsp3) is 0.250. The Morgan fingerprint density at radius 1 is 1.04 bits per heavy atom. The number of primary amides is 1. The smallest absolute Gasteiger partial charge is 0.243 e. The lowest BCUT2D eigenvalue weighted by molar-refractivity contribution is -0.132. The summed E-state index contributed by atoms with van der Waals surface area (Å²) in [4.78, 5) is 35.6. The molecule has 0 aromatic heterocycles. The molecular formula is C20H23N3O3. The summed E-state index contributed by atoms with van der Waals surface area (Å²) in [5.74, 6) is -1.10. The lowest BCUT2D eigenvalue weighted by Crippen LogP contribution is -2.60. The highest BCUT2D eigenvalue weighted by atomic mass is 16.2. The molecule has 2 atom stereocenters. The fourth-order valence-electron chi connectivity index (χ4n) is 2.72. The molecular weight excluding hydrogens is 330 g/mol. The number of nitrogens with two attached hydrogens (primary N) is 1. The summed E-state index contributed by atoms with van der Waals surface area (Å²) in [6, 6.07) is 17.8. The van der Waals surface area contributed by atoms with Crippen molar-refractivity contribution in [1.29, 1.82) is 0 Å². The molecule has 0 aliphatic carbocycles. The Hall–Kier alpha value is -3.15. The van der Waals surface area contributed by atoms with Gasteiger partial charge in [-0.15, -0.1) is 0 Å². The largest absolute Gasteiger partial charge is 0.368 e. The number of hydrogen-bond donors (Lipinski definition) is 3. The lowest BCUT2D eigenvalue weighted by Gasteiger charge is -2.29. The van der Waals surface area contributed by atoms with Crippen LogP contribution in [0.2, 0.25) is 0 Å². The molecule has 0 saturated heterocycles. The molecule has 26 heavy (non-hydrogen) atoms. The molecule has 0 heterocycles.